The summed E-state index contributed by atoms with van der Waals surface area (Å²) in [5.74, 6) is -0.798. The lowest BCUT2D eigenvalue weighted by Gasteiger charge is -2.20. The van der Waals surface area contributed by atoms with Gasteiger partial charge in [-0.2, -0.15) is 13.2 Å². The normalized spacial score (nSPS) is 13.3. The largest absolute Gasteiger partial charge is 0.493 e. The molecule has 180 valence electrons. The zero-order valence-electron chi connectivity index (χ0n) is 18.0. The Balaban J connectivity index is 2.33. The van der Waals surface area contributed by atoms with Gasteiger partial charge in [-0.05, 0) is 42.8 Å². The lowest BCUT2D eigenvalue weighted by atomic mass is 10.1. The number of imidazole rings is 1. The van der Waals surface area contributed by atoms with Crippen molar-refractivity contribution in [3.8, 4) is 11.5 Å². The van der Waals surface area contributed by atoms with Crippen LogP contribution < -0.4 is 15.2 Å². The van der Waals surface area contributed by atoms with Gasteiger partial charge < -0.3 is 9.47 Å². The van der Waals surface area contributed by atoms with Crippen molar-refractivity contribution in [1.82, 2.24) is 9.13 Å². The van der Waals surface area contributed by atoms with Crippen LogP contribution in [0.1, 0.15) is 18.5 Å². The molecule has 0 saturated heterocycles. The van der Waals surface area contributed by atoms with Crippen LogP contribution >= 0.6 is 0 Å². The first-order valence-electron chi connectivity index (χ1n) is 9.80. The van der Waals surface area contributed by atoms with E-state index < -0.39 is 45.9 Å². The Morgan fingerprint density at radius 1 is 1.06 bits per heavy atom. The van der Waals surface area contributed by atoms with Gasteiger partial charge in [-0.25, -0.2) is 17.6 Å². The van der Waals surface area contributed by atoms with Crippen molar-refractivity contribution < 1.29 is 35.5 Å². The predicted octanol–water partition coefficient (Wildman–Crippen LogP) is 3.55. The smallest absolute Gasteiger partial charge is 0.406 e. The van der Waals surface area contributed by atoms with Crippen LogP contribution in [-0.4, -0.2) is 49.5 Å². The fourth-order valence-electron chi connectivity index (χ4n) is 3.66. The summed E-state index contributed by atoms with van der Waals surface area (Å²) in [6.07, 6.45) is -3.81. The van der Waals surface area contributed by atoms with Gasteiger partial charge in [0.1, 0.15) is 22.2 Å². The lowest BCUT2D eigenvalue weighted by molar-refractivity contribution is -0.140. The molecule has 0 aliphatic rings. The van der Waals surface area contributed by atoms with Crippen LogP contribution in [0.3, 0.4) is 0 Å². The SMILES string of the molecule is CCOc1cc(C(CS(C)(=O)=O)n2c(=O)n(CC(F)(F)F)c3cc(F)ccc32)ccc1OC. The third-order valence-electron chi connectivity index (χ3n) is 4.91. The topological polar surface area (TPSA) is 79.5 Å². The maximum Gasteiger partial charge on any atom is 0.406 e. The van der Waals surface area contributed by atoms with E-state index in [1.807, 2.05) is 0 Å². The fourth-order valence-corrected chi connectivity index (χ4v) is 4.58. The average molecular weight is 490 g/mol. The number of nitrogens with zero attached hydrogens (tertiary/aromatic N) is 2. The minimum atomic E-state index is -4.76. The summed E-state index contributed by atoms with van der Waals surface area (Å²) in [6, 6.07) is 6.24. The molecule has 0 spiro atoms. The van der Waals surface area contributed by atoms with Gasteiger partial charge >= 0.3 is 11.9 Å². The Morgan fingerprint density at radius 3 is 2.33 bits per heavy atom. The van der Waals surface area contributed by atoms with Crippen LogP contribution in [0.25, 0.3) is 11.0 Å². The van der Waals surface area contributed by atoms with Crippen molar-refractivity contribution in [3.05, 3.63) is 58.3 Å². The average Bonchev–Trinajstić information content (AvgIpc) is 2.95. The predicted molar refractivity (Wildman–Crippen MR) is 114 cm³/mol. The van der Waals surface area contributed by atoms with Crippen LogP contribution in [-0.2, 0) is 16.4 Å². The van der Waals surface area contributed by atoms with Crippen molar-refractivity contribution in [3.63, 3.8) is 0 Å². The molecule has 33 heavy (non-hydrogen) atoms. The Hall–Kier alpha value is -3.02. The molecule has 0 amide bonds. The summed E-state index contributed by atoms with van der Waals surface area (Å²) in [4.78, 5) is 13.2. The molecule has 0 aliphatic heterocycles. The molecule has 0 bridgehead atoms. The second kappa shape index (κ2) is 9.08. The molecule has 12 heteroatoms. The third-order valence-corrected chi connectivity index (χ3v) is 5.83. The number of hydrogen-bond acceptors (Lipinski definition) is 5. The minimum absolute atomic E-state index is 0.0342. The van der Waals surface area contributed by atoms with Crippen LogP contribution in [0, 0.1) is 5.82 Å². The second-order valence-electron chi connectivity index (χ2n) is 7.44. The molecular formula is C21H22F4N2O5S. The van der Waals surface area contributed by atoms with Gasteiger partial charge in [0.25, 0.3) is 0 Å². The molecule has 1 atom stereocenters. The number of methoxy groups -OCH3 is 1. The van der Waals surface area contributed by atoms with E-state index in [0.717, 1.165) is 29.0 Å². The van der Waals surface area contributed by atoms with E-state index >= 15 is 0 Å². The number of rotatable bonds is 8. The highest BCUT2D eigenvalue weighted by molar-refractivity contribution is 7.90. The van der Waals surface area contributed by atoms with E-state index in [-0.39, 0.29) is 23.4 Å². The van der Waals surface area contributed by atoms with E-state index in [0.29, 0.717) is 15.9 Å². The molecule has 1 aromatic heterocycles. The van der Waals surface area contributed by atoms with Crippen LogP contribution in [0.4, 0.5) is 17.6 Å². The Morgan fingerprint density at radius 2 is 1.76 bits per heavy atom. The summed E-state index contributed by atoms with van der Waals surface area (Å²) in [6.45, 7) is 0.335. The van der Waals surface area contributed by atoms with E-state index in [9.17, 15) is 30.8 Å². The van der Waals surface area contributed by atoms with Crippen LogP contribution in [0.15, 0.2) is 41.2 Å². The summed E-state index contributed by atoms with van der Waals surface area (Å²) in [5, 5.41) is 0. The number of halogens is 4. The summed E-state index contributed by atoms with van der Waals surface area (Å²) in [5.41, 5.74) is -1.15. The molecule has 1 heterocycles. The number of ether oxygens (including phenoxy) is 2. The quantitative estimate of drug-likeness (QED) is 0.452. The Bertz CT molecular complexity index is 1330. The van der Waals surface area contributed by atoms with E-state index in [1.165, 1.54) is 25.3 Å². The Kier molecular flexibility index (Phi) is 6.78. The molecule has 7 nitrogen and oxygen atoms in total. The molecule has 2 aromatic carbocycles. The summed E-state index contributed by atoms with van der Waals surface area (Å²) in [7, 11) is -2.31. The van der Waals surface area contributed by atoms with Gasteiger partial charge in [-0.3, -0.25) is 9.13 Å². The van der Waals surface area contributed by atoms with Gasteiger partial charge in [0, 0.05) is 6.26 Å². The Labute approximate surface area is 187 Å². The highest BCUT2D eigenvalue weighted by atomic mass is 32.2. The standard InChI is InChI=1S/C21H22F4N2O5S/c1-4-32-19-9-13(5-8-18(19)31-2)17(11-33(3,29)30)27-15-7-6-14(22)10-16(15)26(20(27)28)12-21(23,24)25/h5-10,17H,4,11-12H2,1-3H3. The van der Waals surface area contributed by atoms with Crippen molar-refractivity contribution in [2.45, 2.75) is 25.7 Å². The van der Waals surface area contributed by atoms with Gasteiger partial charge in [-0.1, -0.05) is 6.07 Å². The molecule has 3 aromatic rings. The molecule has 0 radical (unpaired) electrons. The maximum absolute atomic E-state index is 13.9. The first-order chi connectivity index (χ1) is 15.3. The molecule has 0 N–H and O–H groups in total. The number of benzene rings is 2. The molecule has 1 unspecified atom stereocenters. The lowest BCUT2D eigenvalue weighted by Crippen LogP contribution is -2.34. The number of fused-ring (bicyclic) bond motifs is 1. The number of sulfone groups is 1. The maximum atomic E-state index is 13.9. The van der Waals surface area contributed by atoms with Gasteiger partial charge in [0.15, 0.2) is 11.5 Å². The monoisotopic (exact) mass is 490 g/mol. The van der Waals surface area contributed by atoms with Gasteiger partial charge in [-0.15, -0.1) is 0 Å². The summed E-state index contributed by atoms with van der Waals surface area (Å²) >= 11 is 0. The van der Waals surface area contributed by atoms with Crippen molar-refractivity contribution in [2.24, 2.45) is 0 Å². The molecule has 0 fully saturated rings. The van der Waals surface area contributed by atoms with Crippen molar-refractivity contribution in [1.29, 1.82) is 0 Å². The molecular weight excluding hydrogens is 468 g/mol. The first-order valence-corrected chi connectivity index (χ1v) is 11.9. The van der Waals surface area contributed by atoms with Crippen LogP contribution in [0.5, 0.6) is 11.5 Å². The fraction of sp³-hybridized carbons (Fsp3) is 0.381. The first kappa shape index (κ1) is 24.6. The third kappa shape index (κ3) is 5.49. The zero-order chi connectivity index (χ0) is 24.6. The van der Waals surface area contributed by atoms with Crippen molar-refractivity contribution in [2.75, 3.05) is 25.7 Å². The highest BCUT2D eigenvalue weighted by Crippen LogP contribution is 2.33. The number of hydrogen-bond donors (Lipinski definition) is 0. The van der Waals surface area contributed by atoms with Crippen molar-refractivity contribution >= 4 is 20.9 Å². The molecule has 3 rings (SSSR count). The second-order valence-corrected chi connectivity index (χ2v) is 9.62. The van der Waals surface area contributed by atoms with E-state index in [4.69, 9.17) is 9.47 Å². The summed E-state index contributed by atoms with van der Waals surface area (Å²) < 4.78 is 90.0. The number of alkyl halides is 3. The van der Waals surface area contributed by atoms with Crippen LogP contribution in [0.2, 0.25) is 0 Å². The van der Waals surface area contributed by atoms with Gasteiger partial charge in [0.05, 0.1) is 36.5 Å². The molecule has 0 aliphatic carbocycles. The zero-order valence-corrected chi connectivity index (χ0v) is 18.8. The number of aromatic nitrogens is 2. The highest BCUT2D eigenvalue weighted by Gasteiger charge is 2.33. The van der Waals surface area contributed by atoms with Gasteiger partial charge in [0.2, 0.25) is 0 Å². The van der Waals surface area contributed by atoms with E-state index in [1.54, 1.807) is 6.92 Å². The molecule has 0 saturated carbocycles. The minimum Gasteiger partial charge on any atom is -0.493 e. The van der Waals surface area contributed by atoms with E-state index in [2.05, 4.69) is 0 Å².